The van der Waals surface area contributed by atoms with Gasteiger partial charge in [0.1, 0.15) is 6.33 Å². The molecule has 182 valence electrons. The summed E-state index contributed by atoms with van der Waals surface area (Å²) in [6.45, 7) is 0.515. The Bertz CT molecular complexity index is 1530. The van der Waals surface area contributed by atoms with Crippen molar-refractivity contribution in [1.29, 1.82) is 0 Å². The number of halogens is 1. The first-order valence-corrected chi connectivity index (χ1v) is 11.0. The number of anilines is 2. The molecule has 1 saturated heterocycles. The maximum absolute atomic E-state index is 15.6. The van der Waals surface area contributed by atoms with Crippen LogP contribution in [0.25, 0.3) is 16.9 Å². The number of urea groups is 1. The molecule has 0 radical (unpaired) electrons. The van der Waals surface area contributed by atoms with E-state index >= 15 is 4.39 Å². The Kier molecular flexibility index (Phi) is 5.76. The Morgan fingerprint density at radius 2 is 1.83 bits per heavy atom. The molecular weight excluding hydrogens is 467 g/mol. The SMILES string of the molecule is CNC(=O)c1cccc(N2CCN(c3nccc(-c4ccc(-n5cnn(C)c5=O)cn4)c3F)C2=O)c1. The van der Waals surface area contributed by atoms with Crippen LogP contribution in [0.3, 0.4) is 0 Å². The Hall–Kier alpha value is -4.87. The second kappa shape index (κ2) is 9.06. The van der Waals surface area contributed by atoms with E-state index in [-0.39, 0.29) is 29.5 Å². The van der Waals surface area contributed by atoms with Gasteiger partial charge in [-0.1, -0.05) is 6.07 Å². The van der Waals surface area contributed by atoms with Crippen LogP contribution in [-0.2, 0) is 7.05 Å². The molecule has 0 aliphatic carbocycles. The van der Waals surface area contributed by atoms with Crippen LogP contribution in [0.1, 0.15) is 10.4 Å². The Morgan fingerprint density at radius 3 is 2.53 bits per heavy atom. The zero-order valence-electron chi connectivity index (χ0n) is 19.4. The largest absolute Gasteiger partial charge is 0.355 e. The molecule has 12 heteroatoms. The van der Waals surface area contributed by atoms with Gasteiger partial charge >= 0.3 is 11.7 Å². The van der Waals surface area contributed by atoms with Crippen LogP contribution >= 0.6 is 0 Å². The summed E-state index contributed by atoms with van der Waals surface area (Å²) in [5, 5.41) is 6.46. The first-order valence-electron chi connectivity index (χ1n) is 11.0. The van der Waals surface area contributed by atoms with E-state index in [0.717, 1.165) is 0 Å². The predicted molar refractivity (Wildman–Crippen MR) is 130 cm³/mol. The number of amides is 3. The summed E-state index contributed by atoms with van der Waals surface area (Å²) in [4.78, 5) is 48.4. The Morgan fingerprint density at radius 1 is 1.03 bits per heavy atom. The number of nitrogens with one attached hydrogen (secondary N) is 1. The van der Waals surface area contributed by atoms with Crippen LogP contribution in [0.4, 0.5) is 20.7 Å². The average Bonchev–Trinajstić information content (AvgIpc) is 3.45. The number of carbonyl (C=O) groups excluding carboxylic acids is 2. The van der Waals surface area contributed by atoms with Crippen LogP contribution in [0.5, 0.6) is 0 Å². The highest BCUT2D eigenvalue weighted by molar-refractivity contribution is 6.06. The highest BCUT2D eigenvalue weighted by Gasteiger charge is 2.34. The monoisotopic (exact) mass is 488 g/mol. The summed E-state index contributed by atoms with van der Waals surface area (Å²) in [6, 6.07) is 10.9. The number of pyridine rings is 2. The number of nitrogens with zero attached hydrogens (tertiary/aromatic N) is 7. The van der Waals surface area contributed by atoms with E-state index in [2.05, 4.69) is 20.4 Å². The van der Waals surface area contributed by atoms with Crippen molar-refractivity contribution in [3.63, 3.8) is 0 Å². The van der Waals surface area contributed by atoms with Gasteiger partial charge in [0, 0.05) is 50.2 Å². The van der Waals surface area contributed by atoms with Crippen LogP contribution < -0.4 is 20.8 Å². The second-order valence-corrected chi connectivity index (χ2v) is 8.02. The molecule has 1 aliphatic rings. The third-order valence-electron chi connectivity index (χ3n) is 5.91. The number of carbonyl (C=O) groups is 2. The maximum atomic E-state index is 15.6. The van der Waals surface area contributed by atoms with Crippen molar-refractivity contribution < 1.29 is 14.0 Å². The number of rotatable bonds is 5. The first kappa shape index (κ1) is 22.9. The highest BCUT2D eigenvalue weighted by Crippen LogP contribution is 2.31. The van der Waals surface area contributed by atoms with E-state index in [1.54, 1.807) is 36.4 Å². The molecule has 3 amide bonds. The molecule has 1 fully saturated rings. The Labute approximate surface area is 204 Å². The van der Waals surface area contributed by atoms with Crippen LogP contribution in [0.15, 0.2) is 66.0 Å². The number of benzene rings is 1. The molecule has 0 bridgehead atoms. The average molecular weight is 488 g/mol. The fourth-order valence-corrected chi connectivity index (χ4v) is 4.00. The molecule has 0 spiro atoms. The van der Waals surface area contributed by atoms with Crippen molar-refractivity contribution in [1.82, 2.24) is 29.6 Å². The number of hydrogen-bond acceptors (Lipinski definition) is 6. The second-order valence-electron chi connectivity index (χ2n) is 8.02. The van der Waals surface area contributed by atoms with Gasteiger partial charge in [0.05, 0.1) is 17.6 Å². The zero-order valence-corrected chi connectivity index (χ0v) is 19.4. The molecule has 36 heavy (non-hydrogen) atoms. The summed E-state index contributed by atoms with van der Waals surface area (Å²) in [7, 11) is 3.06. The lowest BCUT2D eigenvalue weighted by molar-refractivity contribution is 0.0963. The van der Waals surface area contributed by atoms with Crippen molar-refractivity contribution in [3.8, 4) is 16.9 Å². The van der Waals surface area contributed by atoms with Gasteiger partial charge in [-0.3, -0.25) is 19.6 Å². The molecule has 11 nitrogen and oxygen atoms in total. The topological polar surface area (TPSA) is 118 Å². The predicted octanol–water partition coefficient (Wildman–Crippen LogP) is 1.97. The third kappa shape index (κ3) is 3.87. The van der Waals surface area contributed by atoms with E-state index in [0.29, 0.717) is 29.2 Å². The van der Waals surface area contributed by atoms with Gasteiger partial charge in [-0.2, -0.15) is 5.10 Å². The molecule has 0 saturated carbocycles. The van der Waals surface area contributed by atoms with Gasteiger partial charge in [0.15, 0.2) is 11.6 Å². The van der Waals surface area contributed by atoms with Crippen molar-refractivity contribution in [2.45, 2.75) is 0 Å². The van der Waals surface area contributed by atoms with Crippen molar-refractivity contribution in [3.05, 3.63) is 83.1 Å². The minimum absolute atomic E-state index is 0.114. The van der Waals surface area contributed by atoms with Crippen LogP contribution in [-0.4, -0.2) is 56.4 Å². The number of aryl methyl sites for hydroxylation is 1. The van der Waals surface area contributed by atoms with Gasteiger partial charge in [0.25, 0.3) is 5.91 Å². The van der Waals surface area contributed by atoms with Crippen molar-refractivity contribution in [2.24, 2.45) is 7.05 Å². The molecule has 4 aromatic rings. The maximum Gasteiger partial charge on any atom is 0.350 e. The van der Waals surface area contributed by atoms with E-state index in [1.807, 2.05) is 0 Å². The summed E-state index contributed by atoms with van der Waals surface area (Å²) in [6.07, 6.45) is 4.23. The molecule has 5 rings (SSSR count). The van der Waals surface area contributed by atoms with E-state index in [9.17, 15) is 14.4 Å². The van der Waals surface area contributed by atoms with Gasteiger partial charge in [-0.15, -0.1) is 0 Å². The molecule has 1 aromatic carbocycles. The molecular formula is C24H21FN8O3. The number of hydrogen-bond donors (Lipinski definition) is 1. The molecule has 0 unspecified atom stereocenters. The van der Waals surface area contributed by atoms with Gasteiger partial charge in [0.2, 0.25) is 0 Å². The molecule has 1 N–H and O–H groups in total. The minimum atomic E-state index is -0.689. The minimum Gasteiger partial charge on any atom is -0.355 e. The van der Waals surface area contributed by atoms with E-state index in [1.165, 1.54) is 57.9 Å². The van der Waals surface area contributed by atoms with E-state index in [4.69, 9.17) is 0 Å². The lowest BCUT2D eigenvalue weighted by Crippen LogP contribution is -2.33. The van der Waals surface area contributed by atoms with Crippen molar-refractivity contribution in [2.75, 3.05) is 29.9 Å². The summed E-state index contributed by atoms with van der Waals surface area (Å²) >= 11 is 0. The fraction of sp³-hybridized carbons (Fsp3) is 0.167. The lowest BCUT2D eigenvalue weighted by Gasteiger charge is -2.19. The smallest absolute Gasteiger partial charge is 0.350 e. The third-order valence-corrected chi connectivity index (χ3v) is 5.91. The van der Waals surface area contributed by atoms with Crippen LogP contribution in [0.2, 0.25) is 0 Å². The van der Waals surface area contributed by atoms with Gasteiger partial charge in [-0.05, 0) is 36.4 Å². The van der Waals surface area contributed by atoms with E-state index < -0.39 is 11.8 Å². The fourth-order valence-electron chi connectivity index (χ4n) is 4.00. The van der Waals surface area contributed by atoms with Gasteiger partial charge < -0.3 is 5.32 Å². The van der Waals surface area contributed by atoms with Gasteiger partial charge in [-0.25, -0.2) is 28.2 Å². The quantitative estimate of drug-likeness (QED) is 0.459. The highest BCUT2D eigenvalue weighted by atomic mass is 19.1. The zero-order chi connectivity index (χ0) is 25.4. The molecule has 1 aliphatic heterocycles. The van der Waals surface area contributed by atoms with Crippen LogP contribution in [0, 0.1) is 5.82 Å². The summed E-state index contributed by atoms with van der Waals surface area (Å²) in [5.74, 6) is -1.07. The summed E-state index contributed by atoms with van der Waals surface area (Å²) < 4.78 is 18.1. The normalized spacial score (nSPS) is 13.4. The summed E-state index contributed by atoms with van der Waals surface area (Å²) in [5.41, 5.74) is 1.58. The molecule has 0 atom stereocenters. The number of aromatic nitrogens is 5. The molecule has 3 aromatic heterocycles. The first-order chi connectivity index (χ1) is 17.4. The lowest BCUT2D eigenvalue weighted by atomic mass is 10.1. The molecule has 4 heterocycles. The standard InChI is InChI=1S/C24H21FN8O3/c1-26-22(34)15-4-3-5-16(12-15)31-10-11-32(24(31)36)21-20(25)18(8-9-27-21)19-7-6-17(13-28-19)33-14-29-30(2)23(33)35/h3-9,12-14H,10-11H2,1-2H3,(H,26,34). The van der Waals surface area contributed by atoms with Crippen molar-refractivity contribution >= 4 is 23.4 Å². The Balaban J connectivity index is 1.42.